The first kappa shape index (κ1) is 13.0. The van der Waals surface area contributed by atoms with Crippen LogP contribution in [-0.4, -0.2) is 10.8 Å². The first-order valence-corrected chi connectivity index (χ1v) is 7.38. The number of ketones is 1. The third-order valence-electron chi connectivity index (χ3n) is 4.21. The number of carbonyl (C=O) groups is 1. The lowest BCUT2D eigenvalue weighted by Crippen LogP contribution is -2.11. The van der Waals surface area contributed by atoms with Crippen molar-refractivity contribution in [2.24, 2.45) is 0 Å². The number of hydrogen-bond donors (Lipinski definition) is 0. The number of hydrogen-bond acceptors (Lipinski definition) is 2. The molecule has 0 spiro atoms. The van der Waals surface area contributed by atoms with Crippen molar-refractivity contribution in [1.82, 2.24) is 4.98 Å². The minimum absolute atomic E-state index is 0.0450. The zero-order valence-electron chi connectivity index (χ0n) is 11.8. The highest BCUT2D eigenvalue weighted by molar-refractivity contribution is 6.08. The van der Waals surface area contributed by atoms with Gasteiger partial charge in [-0.25, -0.2) is 0 Å². The lowest BCUT2D eigenvalue weighted by atomic mass is 9.79. The van der Waals surface area contributed by atoms with E-state index in [1.165, 1.54) is 24.8 Å². The van der Waals surface area contributed by atoms with Gasteiger partial charge in [-0.2, -0.15) is 0 Å². The number of pyridine rings is 1. The van der Waals surface area contributed by atoms with Crippen LogP contribution in [-0.2, 0) is 6.42 Å². The second kappa shape index (κ2) is 5.58. The molecule has 0 saturated heterocycles. The molecule has 2 heteroatoms. The van der Waals surface area contributed by atoms with E-state index < -0.39 is 0 Å². The molecule has 0 aliphatic heterocycles. The fourth-order valence-corrected chi connectivity index (χ4v) is 2.74. The zero-order valence-corrected chi connectivity index (χ0v) is 11.8. The second-order valence-electron chi connectivity index (χ2n) is 5.45. The van der Waals surface area contributed by atoms with Gasteiger partial charge in [-0.05, 0) is 48.4 Å². The first-order valence-electron chi connectivity index (χ1n) is 7.38. The number of rotatable bonds is 4. The normalized spacial score (nSPS) is 14.8. The summed E-state index contributed by atoms with van der Waals surface area (Å²) < 4.78 is 0. The Hall–Kier alpha value is -1.96. The second-order valence-corrected chi connectivity index (χ2v) is 5.45. The molecular formula is C18H19NO. The van der Waals surface area contributed by atoms with Gasteiger partial charge in [0.1, 0.15) is 5.69 Å². The molecule has 1 saturated carbocycles. The van der Waals surface area contributed by atoms with Crippen molar-refractivity contribution in [2.75, 3.05) is 0 Å². The van der Waals surface area contributed by atoms with Crippen LogP contribution in [0.3, 0.4) is 0 Å². The molecule has 3 rings (SSSR count). The largest absolute Gasteiger partial charge is 0.287 e. The van der Waals surface area contributed by atoms with Crippen molar-refractivity contribution in [3.8, 4) is 0 Å². The summed E-state index contributed by atoms with van der Waals surface area (Å²) in [5.74, 6) is 0.695. The molecule has 2 nitrogen and oxygen atoms in total. The highest BCUT2D eigenvalue weighted by Crippen LogP contribution is 2.36. The summed E-state index contributed by atoms with van der Waals surface area (Å²) in [5, 5.41) is 0. The summed E-state index contributed by atoms with van der Waals surface area (Å²) in [5.41, 5.74) is 3.69. The molecule has 1 aliphatic rings. The fourth-order valence-electron chi connectivity index (χ4n) is 2.74. The molecule has 1 aliphatic carbocycles. The van der Waals surface area contributed by atoms with Crippen LogP contribution in [0, 0.1) is 0 Å². The first-order chi connectivity index (χ1) is 9.79. The zero-order chi connectivity index (χ0) is 13.9. The predicted molar refractivity (Wildman–Crippen MR) is 80.1 cm³/mol. The molecule has 1 aromatic carbocycles. The van der Waals surface area contributed by atoms with Gasteiger partial charge in [0.25, 0.3) is 0 Å². The molecule has 0 unspecified atom stereocenters. The van der Waals surface area contributed by atoms with Gasteiger partial charge in [0, 0.05) is 11.8 Å². The molecular weight excluding hydrogens is 246 g/mol. The van der Waals surface area contributed by atoms with Crippen LogP contribution in [0.2, 0.25) is 0 Å². The van der Waals surface area contributed by atoms with E-state index in [9.17, 15) is 4.79 Å². The van der Waals surface area contributed by atoms with Crippen LogP contribution in [0.5, 0.6) is 0 Å². The minimum Gasteiger partial charge on any atom is -0.287 e. The van der Waals surface area contributed by atoms with E-state index in [1.807, 2.05) is 24.3 Å². The van der Waals surface area contributed by atoms with E-state index in [-0.39, 0.29) is 5.78 Å². The van der Waals surface area contributed by atoms with Crippen molar-refractivity contribution < 1.29 is 4.79 Å². The Morgan fingerprint density at radius 3 is 2.80 bits per heavy atom. The van der Waals surface area contributed by atoms with Crippen LogP contribution < -0.4 is 0 Å². The van der Waals surface area contributed by atoms with Crippen molar-refractivity contribution in [1.29, 1.82) is 0 Å². The number of aromatic nitrogens is 1. The third-order valence-corrected chi connectivity index (χ3v) is 4.21. The highest BCUT2D eigenvalue weighted by atomic mass is 16.1. The molecule has 1 fully saturated rings. The van der Waals surface area contributed by atoms with Gasteiger partial charge in [0.2, 0.25) is 5.78 Å². The number of carbonyl (C=O) groups excluding carboxylic acids is 1. The maximum atomic E-state index is 12.6. The molecule has 102 valence electrons. The molecule has 0 bridgehead atoms. The van der Waals surface area contributed by atoms with E-state index in [0.29, 0.717) is 11.6 Å². The van der Waals surface area contributed by atoms with Gasteiger partial charge < -0.3 is 0 Å². The molecule has 1 aromatic heterocycles. The molecule has 1 heterocycles. The molecule has 0 radical (unpaired) electrons. The maximum Gasteiger partial charge on any atom is 0.211 e. The Morgan fingerprint density at radius 2 is 2.10 bits per heavy atom. The van der Waals surface area contributed by atoms with E-state index in [4.69, 9.17) is 0 Å². The van der Waals surface area contributed by atoms with Crippen molar-refractivity contribution in [3.05, 3.63) is 65.0 Å². The SMILES string of the molecule is CCc1cccnc1C(=O)c1cccc(C2CCC2)c1. The monoisotopic (exact) mass is 265 g/mol. The summed E-state index contributed by atoms with van der Waals surface area (Å²) in [6, 6.07) is 12.0. The molecule has 0 N–H and O–H groups in total. The summed E-state index contributed by atoms with van der Waals surface area (Å²) in [7, 11) is 0. The van der Waals surface area contributed by atoms with Crippen molar-refractivity contribution >= 4 is 5.78 Å². The van der Waals surface area contributed by atoms with Gasteiger partial charge in [-0.15, -0.1) is 0 Å². The maximum absolute atomic E-state index is 12.6. The van der Waals surface area contributed by atoms with Crippen LogP contribution in [0.1, 0.15) is 59.3 Å². The third kappa shape index (κ3) is 2.38. The van der Waals surface area contributed by atoms with E-state index in [2.05, 4.69) is 24.0 Å². The lowest BCUT2D eigenvalue weighted by Gasteiger charge is -2.26. The van der Waals surface area contributed by atoms with E-state index in [1.54, 1.807) is 6.20 Å². The molecule has 0 amide bonds. The van der Waals surface area contributed by atoms with Gasteiger partial charge >= 0.3 is 0 Å². The Kier molecular flexibility index (Phi) is 3.64. The summed E-state index contributed by atoms with van der Waals surface area (Å²) in [4.78, 5) is 16.9. The molecule has 20 heavy (non-hydrogen) atoms. The van der Waals surface area contributed by atoms with Gasteiger partial charge in [-0.3, -0.25) is 9.78 Å². The standard InChI is InChI=1S/C18H19NO/c1-2-13-10-5-11-19-17(13)18(20)16-9-4-8-15(12-16)14-6-3-7-14/h4-5,8-12,14H,2-3,6-7H2,1H3. The average molecular weight is 265 g/mol. The fraction of sp³-hybridized carbons (Fsp3) is 0.333. The smallest absolute Gasteiger partial charge is 0.211 e. The number of aryl methyl sites for hydroxylation is 1. The summed E-state index contributed by atoms with van der Waals surface area (Å²) in [6.45, 7) is 2.05. The lowest BCUT2D eigenvalue weighted by molar-refractivity contribution is 0.103. The van der Waals surface area contributed by atoms with E-state index >= 15 is 0 Å². The minimum atomic E-state index is 0.0450. The van der Waals surface area contributed by atoms with Crippen molar-refractivity contribution in [3.63, 3.8) is 0 Å². The van der Waals surface area contributed by atoms with E-state index in [0.717, 1.165) is 17.5 Å². The highest BCUT2D eigenvalue weighted by Gasteiger charge is 2.21. The summed E-state index contributed by atoms with van der Waals surface area (Å²) >= 11 is 0. The van der Waals surface area contributed by atoms with Gasteiger partial charge in [0.05, 0.1) is 0 Å². The number of nitrogens with zero attached hydrogens (tertiary/aromatic N) is 1. The Morgan fingerprint density at radius 1 is 1.25 bits per heavy atom. The number of benzene rings is 1. The summed E-state index contributed by atoms with van der Waals surface area (Å²) in [6.07, 6.45) is 6.34. The van der Waals surface area contributed by atoms with Gasteiger partial charge in [-0.1, -0.05) is 37.6 Å². The van der Waals surface area contributed by atoms with Crippen LogP contribution in [0.25, 0.3) is 0 Å². The van der Waals surface area contributed by atoms with Crippen LogP contribution in [0.15, 0.2) is 42.6 Å². The van der Waals surface area contributed by atoms with Crippen LogP contribution in [0.4, 0.5) is 0 Å². The Balaban J connectivity index is 1.93. The molecule has 2 aromatic rings. The average Bonchev–Trinajstić information content (AvgIpc) is 2.45. The predicted octanol–water partition coefficient (Wildman–Crippen LogP) is 4.14. The quantitative estimate of drug-likeness (QED) is 0.778. The van der Waals surface area contributed by atoms with Crippen LogP contribution >= 0.6 is 0 Å². The Labute approximate surface area is 119 Å². The van der Waals surface area contributed by atoms with Gasteiger partial charge in [0.15, 0.2) is 0 Å². The molecule has 0 atom stereocenters. The Bertz CT molecular complexity index is 629. The topological polar surface area (TPSA) is 30.0 Å². The van der Waals surface area contributed by atoms with Crippen molar-refractivity contribution in [2.45, 2.75) is 38.5 Å².